The summed E-state index contributed by atoms with van der Waals surface area (Å²) in [6.45, 7) is 11.3. The minimum absolute atomic E-state index is 0.0914. The molecule has 6 heteroatoms. The smallest absolute Gasteiger partial charge is 0.251 e. The van der Waals surface area contributed by atoms with Crippen LogP contribution in [0.1, 0.15) is 28.0 Å². The van der Waals surface area contributed by atoms with Crippen molar-refractivity contribution in [3.63, 3.8) is 0 Å². The molecule has 2 aliphatic heterocycles. The number of aromatic nitrogens is 1. The predicted molar refractivity (Wildman–Crippen MR) is 126 cm³/mol. The Labute approximate surface area is 187 Å². The van der Waals surface area contributed by atoms with Crippen molar-refractivity contribution in [2.75, 3.05) is 30.3 Å². The van der Waals surface area contributed by atoms with Gasteiger partial charge in [0.25, 0.3) is 5.91 Å². The predicted octanol–water partition coefficient (Wildman–Crippen LogP) is 4.51. The van der Waals surface area contributed by atoms with Gasteiger partial charge in [-0.1, -0.05) is 31.4 Å². The quantitative estimate of drug-likeness (QED) is 0.726. The Morgan fingerprint density at radius 3 is 2.94 bits per heavy atom. The first-order valence-electron chi connectivity index (χ1n) is 10.5. The van der Waals surface area contributed by atoms with Crippen molar-refractivity contribution in [2.24, 2.45) is 0 Å². The maximum absolute atomic E-state index is 12.7. The Morgan fingerprint density at radius 1 is 1.23 bits per heavy atom. The summed E-state index contributed by atoms with van der Waals surface area (Å²) in [4.78, 5) is 20.6. The fraction of sp³-hybridized carbons (Fsp3) is 0.280. The van der Waals surface area contributed by atoms with Crippen molar-refractivity contribution in [1.29, 1.82) is 0 Å². The van der Waals surface area contributed by atoms with Gasteiger partial charge in [0.15, 0.2) is 0 Å². The summed E-state index contributed by atoms with van der Waals surface area (Å²) in [6.07, 6.45) is 6.59. The number of pyridine rings is 1. The number of nitrogens with zero attached hydrogens (tertiary/aromatic N) is 2. The van der Waals surface area contributed by atoms with E-state index in [0.717, 1.165) is 53.7 Å². The molecule has 5 nitrogen and oxygen atoms in total. The van der Waals surface area contributed by atoms with Crippen LogP contribution >= 0.6 is 11.8 Å². The SMILES string of the molecule is C=CC1=C(C=C)CN(c2ccnc(CNC(=O)c3ccc4c(c3)SCCOC4)c2)CC1. The number of allylic oxidation sites excluding steroid dienone is 1. The minimum atomic E-state index is -0.0914. The van der Waals surface area contributed by atoms with E-state index in [4.69, 9.17) is 4.74 Å². The van der Waals surface area contributed by atoms with E-state index in [1.54, 1.807) is 18.0 Å². The summed E-state index contributed by atoms with van der Waals surface area (Å²) in [7, 11) is 0. The number of carbonyl (C=O) groups excluding carboxylic acids is 1. The number of rotatable bonds is 6. The molecule has 0 unspecified atom stereocenters. The van der Waals surface area contributed by atoms with Crippen LogP contribution in [0.2, 0.25) is 0 Å². The van der Waals surface area contributed by atoms with Gasteiger partial charge in [0.2, 0.25) is 0 Å². The van der Waals surface area contributed by atoms with Crippen LogP contribution in [-0.2, 0) is 17.9 Å². The van der Waals surface area contributed by atoms with Crippen LogP contribution in [0.3, 0.4) is 0 Å². The van der Waals surface area contributed by atoms with Crippen molar-refractivity contribution >= 4 is 23.4 Å². The van der Waals surface area contributed by atoms with Crippen molar-refractivity contribution in [3.05, 3.63) is 89.8 Å². The van der Waals surface area contributed by atoms with E-state index in [0.29, 0.717) is 18.7 Å². The lowest BCUT2D eigenvalue weighted by molar-refractivity contribution is 0.0950. The number of amides is 1. The molecule has 4 rings (SSSR count). The summed E-state index contributed by atoms with van der Waals surface area (Å²) in [5.74, 6) is 0.814. The zero-order valence-electron chi connectivity index (χ0n) is 17.6. The van der Waals surface area contributed by atoms with Crippen LogP contribution in [0.15, 0.2) is 77.9 Å². The number of fused-ring (bicyclic) bond motifs is 1. The molecule has 0 atom stereocenters. The van der Waals surface area contributed by atoms with Gasteiger partial charge >= 0.3 is 0 Å². The van der Waals surface area contributed by atoms with E-state index in [-0.39, 0.29) is 5.91 Å². The van der Waals surface area contributed by atoms with Gasteiger partial charge in [0.05, 0.1) is 25.5 Å². The highest BCUT2D eigenvalue weighted by atomic mass is 32.2. The van der Waals surface area contributed by atoms with Crippen molar-refractivity contribution in [3.8, 4) is 0 Å². The van der Waals surface area contributed by atoms with Gasteiger partial charge in [0, 0.05) is 41.2 Å². The minimum Gasteiger partial charge on any atom is -0.376 e. The first-order valence-corrected chi connectivity index (χ1v) is 11.4. The molecule has 0 aliphatic carbocycles. The molecule has 0 radical (unpaired) electrons. The second-order valence-electron chi connectivity index (χ2n) is 7.54. The van der Waals surface area contributed by atoms with E-state index in [2.05, 4.69) is 28.4 Å². The molecule has 0 saturated carbocycles. The topological polar surface area (TPSA) is 54.5 Å². The van der Waals surface area contributed by atoms with Gasteiger partial charge in [-0.25, -0.2) is 0 Å². The molecule has 1 N–H and O–H groups in total. The van der Waals surface area contributed by atoms with Crippen LogP contribution in [0.4, 0.5) is 5.69 Å². The Balaban J connectivity index is 1.41. The van der Waals surface area contributed by atoms with Gasteiger partial charge in [-0.3, -0.25) is 9.78 Å². The number of thioether (sulfide) groups is 1. The number of anilines is 1. The van der Waals surface area contributed by atoms with Crippen LogP contribution in [0.25, 0.3) is 0 Å². The van der Waals surface area contributed by atoms with Gasteiger partial charge < -0.3 is 15.0 Å². The Kier molecular flexibility index (Phi) is 6.89. The average Bonchev–Trinajstić information content (AvgIpc) is 3.07. The molecule has 0 spiro atoms. The number of nitrogens with one attached hydrogen (secondary N) is 1. The molecule has 3 heterocycles. The number of carbonyl (C=O) groups is 1. The fourth-order valence-electron chi connectivity index (χ4n) is 3.83. The maximum Gasteiger partial charge on any atom is 0.251 e. The zero-order chi connectivity index (χ0) is 21.6. The number of hydrogen-bond acceptors (Lipinski definition) is 5. The number of ether oxygens (including phenoxy) is 1. The van der Waals surface area contributed by atoms with Crippen molar-refractivity contribution in [2.45, 2.75) is 24.5 Å². The zero-order valence-corrected chi connectivity index (χ0v) is 18.4. The molecular weight excluding hydrogens is 406 g/mol. The third-order valence-corrected chi connectivity index (χ3v) is 6.65. The third-order valence-electron chi connectivity index (χ3n) is 5.59. The lowest BCUT2D eigenvalue weighted by atomic mass is 9.99. The molecule has 1 amide bonds. The van der Waals surface area contributed by atoms with Gasteiger partial charge in [-0.15, -0.1) is 11.8 Å². The molecule has 2 aromatic rings. The Hall–Kier alpha value is -2.83. The van der Waals surface area contributed by atoms with Crippen LogP contribution in [0, 0.1) is 0 Å². The van der Waals surface area contributed by atoms with E-state index in [9.17, 15) is 4.79 Å². The largest absolute Gasteiger partial charge is 0.376 e. The summed E-state index contributed by atoms with van der Waals surface area (Å²) in [5.41, 5.74) is 6.21. The molecule has 1 aromatic heterocycles. The second kappa shape index (κ2) is 9.98. The summed E-state index contributed by atoms with van der Waals surface area (Å²) in [6, 6.07) is 9.87. The summed E-state index contributed by atoms with van der Waals surface area (Å²) in [5, 5.41) is 3.00. The number of hydrogen-bond donors (Lipinski definition) is 1. The average molecular weight is 434 g/mol. The molecule has 160 valence electrons. The van der Waals surface area contributed by atoms with Crippen LogP contribution in [0.5, 0.6) is 0 Å². The fourth-order valence-corrected chi connectivity index (χ4v) is 4.77. The van der Waals surface area contributed by atoms with Crippen molar-refractivity contribution in [1.82, 2.24) is 10.3 Å². The van der Waals surface area contributed by atoms with Crippen LogP contribution < -0.4 is 10.2 Å². The Morgan fingerprint density at radius 2 is 2.10 bits per heavy atom. The molecule has 0 fully saturated rings. The maximum atomic E-state index is 12.7. The highest BCUT2D eigenvalue weighted by molar-refractivity contribution is 7.99. The highest BCUT2D eigenvalue weighted by Crippen LogP contribution is 2.28. The summed E-state index contributed by atoms with van der Waals surface area (Å²) >= 11 is 1.74. The van der Waals surface area contributed by atoms with Gasteiger partial charge in [-0.05, 0) is 47.4 Å². The van der Waals surface area contributed by atoms with E-state index >= 15 is 0 Å². The lowest BCUT2D eigenvalue weighted by Crippen LogP contribution is -2.31. The summed E-state index contributed by atoms with van der Waals surface area (Å²) < 4.78 is 5.57. The first kappa shape index (κ1) is 21.4. The molecule has 31 heavy (non-hydrogen) atoms. The third kappa shape index (κ3) is 5.09. The molecule has 2 aliphatic rings. The standard InChI is InChI=1S/C25H27N3O2S/c1-3-18-8-10-28(16-19(18)4-2)23-7-9-26-22(14-23)15-27-25(29)20-5-6-21-17-30-11-12-31-24(21)13-20/h3-7,9,13-14H,1-2,8,10-12,15-17H2,(H,27,29). The first-order chi connectivity index (χ1) is 15.2. The normalized spacial score (nSPS) is 16.3. The number of benzene rings is 1. The van der Waals surface area contributed by atoms with Crippen LogP contribution in [-0.4, -0.2) is 36.3 Å². The lowest BCUT2D eigenvalue weighted by Gasteiger charge is -2.31. The van der Waals surface area contributed by atoms with Gasteiger partial charge in [-0.2, -0.15) is 0 Å². The monoisotopic (exact) mass is 433 g/mol. The van der Waals surface area contributed by atoms with Gasteiger partial charge in [0.1, 0.15) is 0 Å². The molecule has 0 bridgehead atoms. The molecule has 1 aromatic carbocycles. The Bertz CT molecular complexity index is 1030. The van der Waals surface area contributed by atoms with E-state index < -0.39 is 0 Å². The highest BCUT2D eigenvalue weighted by Gasteiger charge is 2.17. The molecular formula is C25H27N3O2S. The molecule has 0 saturated heterocycles. The van der Waals surface area contributed by atoms with E-state index in [1.165, 1.54) is 11.1 Å². The van der Waals surface area contributed by atoms with Crippen molar-refractivity contribution < 1.29 is 9.53 Å². The second-order valence-corrected chi connectivity index (χ2v) is 8.68. The van der Waals surface area contributed by atoms with E-state index in [1.807, 2.05) is 42.5 Å².